The van der Waals surface area contributed by atoms with Crippen LogP contribution >= 0.6 is 0 Å². The van der Waals surface area contributed by atoms with Crippen molar-refractivity contribution in [2.45, 2.75) is 13.3 Å². The Kier molecular flexibility index (Phi) is 5.36. The number of aromatic nitrogens is 2. The fourth-order valence-electron chi connectivity index (χ4n) is 2.17. The number of hydrogen-bond donors (Lipinski definition) is 0. The van der Waals surface area contributed by atoms with Gasteiger partial charge in [0.15, 0.2) is 5.69 Å². The Hall–Kier alpha value is -2.56. The number of imidazole rings is 1. The monoisotopic (exact) mass is 300 g/mol. The van der Waals surface area contributed by atoms with E-state index in [1.165, 1.54) is 7.11 Å². The molecule has 0 aliphatic rings. The van der Waals surface area contributed by atoms with Gasteiger partial charge in [0, 0.05) is 19.5 Å². The number of ether oxygens (including phenoxy) is 2. The SMILES string of the molecule is CCO/C=C/c1nc(Cc2ccccc2)n(C)c1C(=O)OC. The van der Waals surface area contributed by atoms with Crippen molar-refractivity contribution < 1.29 is 14.3 Å². The Morgan fingerprint density at radius 3 is 2.68 bits per heavy atom. The molecule has 0 unspecified atom stereocenters. The predicted octanol–water partition coefficient (Wildman–Crippen LogP) is 2.80. The molecule has 0 atom stereocenters. The van der Waals surface area contributed by atoms with Crippen LogP contribution in [0.5, 0.6) is 0 Å². The summed E-state index contributed by atoms with van der Waals surface area (Å²) in [5.74, 6) is 0.383. The smallest absolute Gasteiger partial charge is 0.356 e. The molecular formula is C17H20N2O3. The van der Waals surface area contributed by atoms with Crippen LogP contribution in [0.25, 0.3) is 6.08 Å². The van der Waals surface area contributed by atoms with E-state index in [0.29, 0.717) is 24.4 Å². The molecule has 1 aromatic carbocycles. The topological polar surface area (TPSA) is 53.4 Å². The van der Waals surface area contributed by atoms with Crippen molar-refractivity contribution in [3.63, 3.8) is 0 Å². The minimum atomic E-state index is -0.412. The molecule has 0 spiro atoms. The van der Waals surface area contributed by atoms with Crippen molar-refractivity contribution in [2.75, 3.05) is 13.7 Å². The van der Waals surface area contributed by atoms with E-state index < -0.39 is 5.97 Å². The van der Waals surface area contributed by atoms with Crippen molar-refractivity contribution >= 4 is 12.0 Å². The first kappa shape index (κ1) is 15.8. The summed E-state index contributed by atoms with van der Waals surface area (Å²) in [7, 11) is 3.18. The van der Waals surface area contributed by atoms with Gasteiger partial charge in [0.1, 0.15) is 5.82 Å². The maximum Gasteiger partial charge on any atom is 0.356 e. The first-order valence-electron chi connectivity index (χ1n) is 7.13. The Labute approximate surface area is 130 Å². The number of methoxy groups -OCH3 is 1. The molecule has 0 aliphatic heterocycles. The van der Waals surface area contributed by atoms with Gasteiger partial charge >= 0.3 is 5.97 Å². The molecular weight excluding hydrogens is 280 g/mol. The van der Waals surface area contributed by atoms with Crippen molar-refractivity contribution in [1.82, 2.24) is 9.55 Å². The van der Waals surface area contributed by atoms with E-state index in [9.17, 15) is 4.79 Å². The molecule has 2 rings (SSSR count). The van der Waals surface area contributed by atoms with Gasteiger partial charge < -0.3 is 14.0 Å². The van der Waals surface area contributed by atoms with Crippen molar-refractivity contribution in [1.29, 1.82) is 0 Å². The third-order valence-electron chi connectivity index (χ3n) is 3.29. The van der Waals surface area contributed by atoms with Crippen LogP contribution in [0.3, 0.4) is 0 Å². The highest BCUT2D eigenvalue weighted by Crippen LogP contribution is 2.17. The van der Waals surface area contributed by atoms with Crippen LogP contribution in [0.4, 0.5) is 0 Å². The van der Waals surface area contributed by atoms with Crippen molar-refractivity contribution in [3.05, 3.63) is 59.4 Å². The lowest BCUT2D eigenvalue weighted by Gasteiger charge is -2.05. The molecule has 116 valence electrons. The normalized spacial score (nSPS) is 10.9. The number of nitrogens with zero attached hydrogens (tertiary/aromatic N) is 2. The third kappa shape index (κ3) is 3.55. The van der Waals surface area contributed by atoms with Gasteiger partial charge in [-0.15, -0.1) is 0 Å². The van der Waals surface area contributed by atoms with Gasteiger partial charge in [0.05, 0.1) is 25.7 Å². The lowest BCUT2D eigenvalue weighted by Crippen LogP contribution is -2.11. The molecule has 0 radical (unpaired) electrons. The maximum absolute atomic E-state index is 12.0. The minimum absolute atomic E-state index is 0.412. The van der Waals surface area contributed by atoms with Gasteiger partial charge in [-0.3, -0.25) is 0 Å². The number of carbonyl (C=O) groups excluding carboxylic acids is 1. The molecule has 0 N–H and O–H groups in total. The summed E-state index contributed by atoms with van der Waals surface area (Å²) < 4.78 is 11.8. The maximum atomic E-state index is 12.0. The highest BCUT2D eigenvalue weighted by molar-refractivity contribution is 5.91. The average Bonchev–Trinajstić information content (AvgIpc) is 2.84. The predicted molar refractivity (Wildman–Crippen MR) is 84.5 cm³/mol. The van der Waals surface area contributed by atoms with Gasteiger partial charge in [0.25, 0.3) is 0 Å². The first-order chi connectivity index (χ1) is 10.7. The zero-order valence-corrected chi connectivity index (χ0v) is 13.1. The summed E-state index contributed by atoms with van der Waals surface area (Å²) in [6, 6.07) is 9.99. The number of benzene rings is 1. The van der Waals surface area contributed by atoms with Crippen molar-refractivity contribution in [2.24, 2.45) is 7.05 Å². The van der Waals surface area contributed by atoms with Crippen LogP contribution < -0.4 is 0 Å². The van der Waals surface area contributed by atoms with Crippen LogP contribution in [0.1, 0.15) is 34.5 Å². The van der Waals surface area contributed by atoms with Crippen LogP contribution in [0, 0.1) is 0 Å². The fourth-order valence-corrected chi connectivity index (χ4v) is 2.17. The molecule has 1 aromatic heterocycles. The van der Waals surface area contributed by atoms with Crippen LogP contribution in [-0.4, -0.2) is 29.2 Å². The standard InChI is InChI=1S/C17H20N2O3/c1-4-22-11-10-14-16(17(20)21-3)19(2)15(18-14)12-13-8-6-5-7-9-13/h5-11H,4,12H2,1-3H3/b11-10+. The van der Waals surface area contributed by atoms with E-state index in [4.69, 9.17) is 9.47 Å². The van der Waals surface area contributed by atoms with E-state index >= 15 is 0 Å². The van der Waals surface area contributed by atoms with Crippen LogP contribution in [-0.2, 0) is 22.9 Å². The molecule has 0 amide bonds. The van der Waals surface area contributed by atoms with Gasteiger partial charge in [-0.25, -0.2) is 9.78 Å². The molecule has 5 heteroatoms. The van der Waals surface area contributed by atoms with Gasteiger partial charge in [-0.2, -0.15) is 0 Å². The second-order valence-electron chi connectivity index (χ2n) is 4.73. The summed E-state index contributed by atoms with van der Waals surface area (Å²) in [4.78, 5) is 16.5. The van der Waals surface area contributed by atoms with Crippen LogP contribution in [0.2, 0.25) is 0 Å². The average molecular weight is 300 g/mol. The quantitative estimate of drug-likeness (QED) is 0.608. The summed E-state index contributed by atoms with van der Waals surface area (Å²) in [6.45, 7) is 2.46. The molecule has 5 nitrogen and oxygen atoms in total. The fraction of sp³-hybridized carbons (Fsp3) is 0.294. The Morgan fingerprint density at radius 1 is 1.32 bits per heavy atom. The summed E-state index contributed by atoms with van der Waals surface area (Å²) in [5, 5.41) is 0. The molecule has 0 aliphatic carbocycles. The minimum Gasteiger partial charge on any atom is -0.501 e. The van der Waals surface area contributed by atoms with Crippen LogP contribution in [0.15, 0.2) is 36.6 Å². The third-order valence-corrected chi connectivity index (χ3v) is 3.29. The Balaban J connectivity index is 2.37. The summed E-state index contributed by atoms with van der Waals surface area (Å²) in [6.07, 6.45) is 3.87. The second kappa shape index (κ2) is 7.45. The van der Waals surface area contributed by atoms with E-state index in [1.807, 2.05) is 44.3 Å². The molecule has 0 saturated carbocycles. The molecule has 0 fully saturated rings. The van der Waals surface area contributed by atoms with E-state index in [1.54, 1.807) is 16.9 Å². The van der Waals surface area contributed by atoms with Crippen molar-refractivity contribution in [3.8, 4) is 0 Å². The lowest BCUT2D eigenvalue weighted by molar-refractivity contribution is 0.0589. The van der Waals surface area contributed by atoms with Gasteiger partial charge in [0.2, 0.25) is 0 Å². The van der Waals surface area contributed by atoms with Gasteiger partial charge in [-0.1, -0.05) is 30.3 Å². The molecule has 0 saturated heterocycles. The number of rotatable bonds is 6. The Morgan fingerprint density at radius 2 is 2.05 bits per heavy atom. The first-order valence-corrected chi connectivity index (χ1v) is 7.13. The molecule has 1 heterocycles. The highest BCUT2D eigenvalue weighted by atomic mass is 16.5. The largest absolute Gasteiger partial charge is 0.501 e. The number of carbonyl (C=O) groups is 1. The lowest BCUT2D eigenvalue weighted by atomic mass is 10.1. The molecule has 22 heavy (non-hydrogen) atoms. The van der Waals surface area contributed by atoms with Gasteiger partial charge in [-0.05, 0) is 12.5 Å². The molecule has 0 bridgehead atoms. The summed E-state index contributed by atoms with van der Waals surface area (Å²) in [5.41, 5.74) is 2.10. The van der Waals surface area contributed by atoms with E-state index in [-0.39, 0.29) is 0 Å². The van der Waals surface area contributed by atoms with E-state index in [2.05, 4.69) is 4.98 Å². The number of esters is 1. The zero-order chi connectivity index (χ0) is 15.9. The second-order valence-corrected chi connectivity index (χ2v) is 4.73. The zero-order valence-electron chi connectivity index (χ0n) is 13.1. The molecule has 2 aromatic rings. The summed E-state index contributed by atoms with van der Waals surface area (Å²) >= 11 is 0. The Bertz CT molecular complexity index is 660. The highest BCUT2D eigenvalue weighted by Gasteiger charge is 2.20. The number of hydrogen-bond acceptors (Lipinski definition) is 4. The van der Waals surface area contributed by atoms with E-state index in [0.717, 1.165) is 11.4 Å².